The third kappa shape index (κ3) is 5.50. The van der Waals surface area contributed by atoms with Crippen molar-refractivity contribution in [2.45, 2.75) is 12.5 Å². The van der Waals surface area contributed by atoms with Crippen molar-refractivity contribution in [2.75, 3.05) is 0 Å². The number of carbonyl (C=O) groups is 2. The van der Waals surface area contributed by atoms with Crippen LogP contribution in [0.5, 0.6) is 0 Å². The van der Waals surface area contributed by atoms with Crippen LogP contribution in [0, 0.1) is 5.82 Å². The minimum absolute atomic E-state index is 0.216. The molecule has 2 N–H and O–H groups in total. The van der Waals surface area contributed by atoms with E-state index < -0.39 is 17.9 Å². The average Bonchev–Trinajstić information content (AvgIpc) is 2.84. The van der Waals surface area contributed by atoms with E-state index in [9.17, 15) is 19.1 Å². The molecule has 0 aliphatic heterocycles. The topological polar surface area (TPSA) is 66.4 Å². The van der Waals surface area contributed by atoms with E-state index in [0.717, 1.165) is 22.3 Å². The molecule has 0 radical (unpaired) electrons. The molecule has 0 fully saturated rings. The number of hydrogen-bond acceptors (Lipinski definition) is 2. The highest BCUT2D eigenvalue weighted by atomic mass is 35.5. The van der Waals surface area contributed by atoms with Crippen molar-refractivity contribution >= 4 is 23.5 Å². The molecule has 0 aromatic heterocycles. The van der Waals surface area contributed by atoms with Crippen LogP contribution in [-0.4, -0.2) is 17.0 Å². The number of carbonyl (C=O) groups excluding carboxylic acids is 1. The van der Waals surface area contributed by atoms with E-state index in [0.29, 0.717) is 5.56 Å². The zero-order valence-corrected chi connectivity index (χ0v) is 18.8. The van der Waals surface area contributed by atoms with Crippen LogP contribution in [0.4, 0.5) is 4.39 Å². The summed E-state index contributed by atoms with van der Waals surface area (Å²) < 4.78 is 13.2. The van der Waals surface area contributed by atoms with Crippen LogP contribution in [0.15, 0.2) is 97.1 Å². The monoisotopic (exact) mass is 473 g/mol. The highest BCUT2D eigenvalue weighted by Gasteiger charge is 2.21. The van der Waals surface area contributed by atoms with Crippen molar-refractivity contribution in [3.8, 4) is 22.3 Å². The predicted molar refractivity (Wildman–Crippen MR) is 131 cm³/mol. The summed E-state index contributed by atoms with van der Waals surface area (Å²) in [6, 6.07) is 27.4. The van der Waals surface area contributed by atoms with Crippen LogP contribution in [0.3, 0.4) is 0 Å². The van der Waals surface area contributed by atoms with Gasteiger partial charge in [-0.3, -0.25) is 9.59 Å². The molecule has 4 aromatic rings. The second kappa shape index (κ2) is 10.3. The Balaban J connectivity index is 1.55. The van der Waals surface area contributed by atoms with Gasteiger partial charge in [-0.1, -0.05) is 84.4 Å². The van der Waals surface area contributed by atoms with E-state index in [1.165, 1.54) is 12.1 Å². The van der Waals surface area contributed by atoms with Gasteiger partial charge in [-0.05, 0) is 52.1 Å². The normalized spacial score (nSPS) is 11.6. The summed E-state index contributed by atoms with van der Waals surface area (Å²) in [5, 5.41) is 12.4. The molecule has 0 spiro atoms. The molecule has 0 heterocycles. The van der Waals surface area contributed by atoms with Crippen molar-refractivity contribution < 1.29 is 19.1 Å². The van der Waals surface area contributed by atoms with Crippen LogP contribution in [0.25, 0.3) is 22.3 Å². The van der Waals surface area contributed by atoms with E-state index in [2.05, 4.69) is 5.32 Å². The molecule has 0 bridgehead atoms. The van der Waals surface area contributed by atoms with E-state index in [-0.39, 0.29) is 22.8 Å². The molecular formula is C28H21ClFNO3. The van der Waals surface area contributed by atoms with Gasteiger partial charge in [0.2, 0.25) is 0 Å². The van der Waals surface area contributed by atoms with Crippen LogP contribution in [0.2, 0.25) is 5.02 Å². The van der Waals surface area contributed by atoms with Crippen molar-refractivity contribution in [3.63, 3.8) is 0 Å². The Labute approximate surface area is 201 Å². The third-order valence-electron chi connectivity index (χ3n) is 5.50. The van der Waals surface area contributed by atoms with E-state index in [1.54, 1.807) is 30.3 Å². The largest absolute Gasteiger partial charge is 0.481 e. The van der Waals surface area contributed by atoms with E-state index in [1.807, 2.05) is 54.6 Å². The molecule has 0 saturated carbocycles. The Bertz CT molecular complexity index is 1310. The summed E-state index contributed by atoms with van der Waals surface area (Å²) in [5.74, 6) is -1.85. The highest BCUT2D eigenvalue weighted by molar-refractivity contribution is 6.34. The number of hydrogen-bond donors (Lipinski definition) is 2. The lowest BCUT2D eigenvalue weighted by molar-refractivity contribution is -0.137. The lowest BCUT2D eigenvalue weighted by atomic mass is 9.98. The van der Waals surface area contributed by atoms with E-state index >= 15 is 0 Å². The van der Waals surface area contributed by atoms with Gasteiger partial charge in [-0.25, -0.2) is 4.39 Å². The second-order valence-corrected chi connectivity index (χ2v) is 8.22. The van der Waals surface area contributed by atoms with Gasteiger partial charge in [0.25, 0.3) is 5.91 Å². The minimum Gasteiger partial charge on any atom is -0.481 e. The Morgan fingerprint density at radius 3 is 1.97 bits per heavy atom. The zero-order valence-electron chi connectivity index (χ0n) is 18.0. The van der Waals surface area contributed by atoms with Crippen LogP contribution in [-0.2, 0) is 4.79 Å². The maximum atomic E-state index is 13.2. The van der Waals surface area contributed by atoms with Crippen LogP contribution in [0.1, 0.15) is 28.4 Å². The maximum Gasteiger partial charge on any atom is 0.305 e. The average molecular weight is 474 g/mol. The predicted octanol–water partition coefficient (Wildman–Crippen LogP) is 6.76. The smallest absolute Gasteiger partial charge is 0.305 e. The Hall–Kier alpha value is -3.96. The molecule has 4 rings (SSSR count). The number of nitrogens with one attached hydrogen (secondary N) is 1. The second-order valence-electron chi connectivity index (χ2n) is 7.81. The highest BCUT2D eigenvalue weighted by Crippen LogP contribution is 2.28. The fraction of sp³-hybridized carbons (Fsp3) is 0.0714. The molecule has 1 amide bonds. The quantitative estimate of drug-likeness (QED) is 0.311. The van der Waals surface area contributed by atoms with Gasteiger partial charge in [0.1, 0.15) is 5.82 Å². The number of amides is 1. The first-order chi connectivity index (χ1) is 16.4. The number of carboxylic acid groups (broad SMARTS) is 1. The lowest BCUT2D eigenvalue weighted by Gasteiger charge is -2.19. The lowest BCUT2D eigenvalue weighted by Crippen LogP contribution is -2.30. The minimum atomic E-state index is -1.03. The van der Waals surface area contributed by atoms with Crippen LogP contribution < -0.4 is 5.32 Å². The van der Waals surface area contributed by atoms with Gasteiger partial charge in [0.15, 0.2) is 0 Å². The Kier molecular flexibility index (Phi) is 7.04. The first kappa shape index (κ1) is 23.2. The van der Waals surface area contributed by atoms with Crippen molar-refractivity contribution in [2.24, 2.45) is 0 Å². The molecule has 0 aliphatic rings. The number of carboxylic acids is 1. The summed E-state index contributed by atoms with van der Waals surface area (Å²) >= 11 is 6.38. The summed E-state index contributed by atoms with van der Waals surface area (Å²) in [6.07, 6.45) is -0.276. The summed E-state index contributed by atoms with van der Waals surface area (Å²) in [7, 11) is 0. The maximum absolute atomic E-state index is 13.2. The first-order valence-corrected chi connectivity index (χ1v) is 11.0. The van der Waals surface area contributed by atoms with Crippen molar-refractivity contribution in [3.05, 3.63) is 119 Å². The summed E-state index contributed by atoms with van der Waals surface area (Å²) in [5.41, 5.74) is 4.43. The SMILES string of the molecule is O=C(O)CC(NC(=O)c1ccc(-c2ccc(F)cc2)cc1Cl)c1ccc(-c2ccccc2)cc1. The molecule has 170 valence electrons. The number of benzene rings is 4. The van der Waals surface area contributed by atoms with Crippen molar-refractivity contribution in [1.82, 2.24) is 5.32 Å². The van der Waals surface area contributed by atoms with Gasteiger partial charge < -0.3 is 10.4 Å². The summed E-state index contributed by atoms with van der Waals surface area (Å²) in [4.78, 5) is 24.5. The zero-order chi connectivity index (χ0) is 24.1. The molecule has 6 heteroatoms. The van der Waals surface area contributed by atoms with Crippen LogP contribution >= 0.6 is 11.6 Å². The van der Waals surface area contributed by atoms with Gasteiger partial charge in [-0.2, -0.15) is 0 Å². The Morgan fingerprint density at radius 1 is 0.794 bits per heavy atom. The Morgan fingerprint density at radius 2 is 1.35 bits per heavy atom. The van der Waals surface area contributed by atoms with E-state index in [4.69, 9.17) is 11.6 Å². The molecule has 1 atom stereocenters. The van der Waals surface area contributed by atoms with Gasteiger partial charge in [-0.15, -0.1) is 0 Å². The van der Waals surface area contributed by atoms with Gasteiger partial charge >= 0.3 is 5.97 Å². The molecule has 1 unspecified atom stereocenters. The number of halogens is 2. The molecule has 0 aliphatic carbocycles. The van der Waals surface area contributed by atoms with Gasteiger partial charge in [0, 0.05) is 0 Å². The fourth-order valence-electron chi connectivity index (χ4n) is 3.72. The standard InChI is InChI=1S/C28H21ClFNO3/c29-25-16-22(20-10-13-23(30)14-11-20)12-15-24(25)28(34)31-26(17-27(32)33)21-8-6-19(7-9-21)18-4-2-1-3-5-18/h1-16,26H,17H2,(H,31,34)(H,32,33). The number of rotatable bonds is 7. The van der Waals surface area contributed by atoms with Crippen molar-refractivity contribution in [1.29, 1.82) is 0 Å². The molecule has 4 nitrogen and oxygen atoms in total. The first-order valence-electron chi connectivity index (χ1n) is 10.6. The molecule has 34 heavy (non-hydrogen) atoms. The number of aliphatic carboxylic acids is 1. The van der Waals surface area contributed by atoms with Gasteiger partial charge in [0.05, 0.1) is 23.0 Å². The molecule has 0 saturated heterocycles. The molecular weight excluding hydrogens is 453 g/mol. The fourth-order valence-corrected chi connectivity index (χ4v) is 3.99. The summed E-state index contributed by atoms with van der Waals surface area (Å²) in [6.45, 7) is 0. The third-order valence-corrected chi connectivity index (χ3v) is 5.81. The molecule has 4 aromatic carbocycles.